The Morgan fingerprint density at radius 3 is 1.77 bits per heavy atom. The molecule has 0 saturated carbocycles. The van der Waals surface area contributed by atoms with Crippen LogP contribution in [0.4, 0.5) is 0 Å². The standard InChI is InChI=1S/C10H16Cl2S/c1-9-5-3-8(12)10(2,13-9)6-4-7(9)11/h7-8H,3-6H2,1-2H3. The second-order valence-corrected chi connectivity index (χ2v) is 7.86. The van der Waals surface area contributed by atoms with Gasteiger partial charge in [0.05, 0.1) is 0 Å². The quantitative estimate of drug-likeness (QED) is 0.575. The molecule has 0 aliphatic carbocycles. The molecule has 3 heteroatoms. The van der Waals surface area contributed by atoms with E-state index >= 15 is 0 Å². The molecule has 2 bridgehead atoms. The first-order valence-corrected chi connectivity index (χ1v) is 6.64. The van der Waals surface area contributed by atoms with E-state index in [4.69, 9.17) is 23.2 Å². The summed E-state index contributed by atoms with van der Waals surface area (Å²) in [5.74, 6) is 0. The van der Waals surface area contributed by atoms with Gasteiger partial charge in [-0.2, -0.15) is 0 Å². The molecule has 2 saturated heterocycles. The fourth-order valence-corrected chi connectivity index (χ4v) is 5.21. The van der Waals surface area contributed by atoms with Gasteiger partial charge in [0, 0.05) is 20.2 Å². The fourth-order valence-electron chi connectivity index (χ4n) is 2.51. The van der Waals surface area contributed by atoms with Crippen LogP contribution in [0.15, 0.2) is 0 Å². The van der Waals surface area contributed by atoms with Gasteiger partial charge in [0.15, 0.2) is 0 Å². The monoisotopic (exact) mass is 238 g/mol. The summed E-state index contributed by atoms with van der Waals surface area (Å²) >= 11 is 14.8. The Bertz CT molecular complexity index is 199. The Balaban J connectivity index is 2.24. The van der Waals surface area contributed by atoms with Crippen molar-refractivity contribution < 1.29 is 0 Å². The zero-order chi connectivity index (χ0) is 9.69. The molecule has 76 valence electrons. The molecule has 2 aliphatic heterocycles. The first kappa shape index (κ1) is 10.4. The van der Waals surface area contributed by atoms with Crippen LogP contribution in [0.1, 0.15) is 39.5 Å². The maximum absolute atomic E-state index is 6.37. The molecule has 0 aromatic rings. The predicted molar refractivity (Wildman–Crippen MR) is 62.2 cm³/mol. The van der Waals surface area contributed by atoms with Crippen molar-refractivity contribution in [3.05, 3.63) is 0 Å². The highest BCUT2D eigenvalue weighted by Crippen LogP contribution is 2.58. The molecule has 2 heterocycles. The average molecular weight is 239 g/mol. The summed E-state index contributed by atoms with van der Waals surface area (Å²) in [6.07, 6.45) is 4.61. The summed E-state index contributed by atoms with van der Waals surface area (Å²) in [4.78, 5) is 0. The Kier molecular flexibility index (Phi) is 2.58. The summed E-state index contributed by atoms with van der Waals surface area (Å²) in [5, 5.41) is 0.685. The van der Waals surface area contributed by atoms with Gasteiger partial charge in [0.1, 0.15) is 0 Å². The molecule has 2 fully saturated rings. The first-order valence-electron chi connectivity index (χ1n) is 4.95. The molecule has 0 radical (unpaired) electrons. The van der Waals surface area contributed by atoms with E-state index < -0.39 is 0 Å². The van der Waals surface area contributed by atoms with Crippen LogP contribution in [0.25, 0.3) is 0 Å². The minimum absolute atomic E-state index is 0.278. The van der Waals surface area contributed by atoms with Crippen LogP contribution in [-0.4, -0.2) is 20.2 Å². The van der Waals surface area contributed by atoms with Crippen molar-refractivity contribution in [1.29, 1.82) is 0 Å². The van der Waals surface area contributed by atoms with Gasteiger partial charge in [-0.3, -0.25) is 0 Å². The van der Waals surface area contributed by atoms with Crippen molar-refractivity contribution in [2.24, 2.45) is 0 Å². The van der Waals surface area contributed by atoms with Crippen molar-refractivity contribution in [3.8, 4) is 0 Å². The van der Waals surface area contributed by atoms with Crippen molar-refractivity contribution in [3.63, 3.8) is 0 Å². The summed E-state index contributed by atoms with van der Waals surface area (Å²) in [5.41, 5.74) is 0. The molecule has 0 amide bonds. The van der Waals surface area contributed by atoms with Gasteiger partial charge in [-0.05, 0) is 39.5 Å². The van der Waals surface area contributed by atoms with Crippen LogP contribution >= 0.6 is 35.0 Å². The predicted octanol–water partition coefficient (Wildman–Crippen LogP) is 4.04. The van der Waals surface area contributed by atoms with Gasteiger partial charge in [0.25, 0.3) is 0 Å². The molecular formula is C10H16Cl2S. The van der Waals surface area contributed by atoms with E-state index in [1.165, 1.54) is 12.8 Å². The lowest BCUT2D eigenvalue weighted by Gasteiger charge is -2.53. The number of rotatable bonds is 0. The summed E-state index contributed by atoms with van der Waals surface area (Å²) in [7, 11) is 0. The van der Waals surface area contributed by atoms with E-state index in [-0.39, 0.29) is 9.49 Å². The Morgan fingerprint density at radius 1 is 1.00 bits per heavy atom. The Hall–Kier alpha value is 0.930. The SMILES string of the molecule is CC12CCC(Cl)C(C)(CCC1Cl)S2. The second kappa shape index (κ2) is 3.21. The lowest BCUT2D eigenvalue weighted by Crippen LogP contribution is -2.52. The van der Waals surface area contributed by atoms with E-state index in [0.29, 0.717) is 10.8 Å². The van der Waals surface area contributed by atoms with Crippen LogP contribution < -0.4 is 0 Å². The summed E-state index contributed by atoms with van der Waals surface area (Å²) < 4.78 is 0.555. The average Bonchev–Trinajstić information content (AvgIpc) is 2.07. The van der Waals surface area contributed by atoms with Gasteiger partial charge in [-0.25, -0.2) is 0 Å². The summed E-state index contributed by atoms with van der Waals surface area (Å²) in [6.45, 7) is 4.60. The molecular weight excluding hydrogens is 223 g/mol. The second-order valence-electron chi connectivity index (χ2n) is 4.74. The zero-order valence-electron chi connectivity index (χ0n) is 8.15. The molecule has 0 spiro atoms. The number of alkyl halides is 2. The zero-order valence-corrected chi connectivity index (χ0v) is 10.5. The molecule has 0 aromatic heterocycles. The van der Waals surface area contributed by atoms with E-state index in [0.717, 1.165) is 12.8 Å². The number of hydrogen-bond acceptors (Lipinski definition) is 1. The number of fused-ring (bicyclic) bond motifs is 2. The highest BCUT2D eigenvalue weighted by Gasteiger charge is 2.52. The molecule has 0 aromatic carbocycles. The van der Waals surface area contributed by atoms with Crippen molar-refractivity contribution in [2.75, 3.05) is 0 Å². The third-order valence-electron chi connectivity index (χ3n) is 3.58. The maximum atomic E-state index is 6.37. The van der Waals surface area contributed by atoms with Crippen molar-refractivity contribution in [1.82, 2.24) is 0 Å². The van der Waals surface area contributed by atoms with Crippen LogP contribution in [0.2, 0.25) is 0 Å². The molecule has 4 atom stereocenters. The molecule has 2 rings (SSSR count). The van der Waals surface area contributed by atoms with E-state index in [1.54, 1.807) is 0 Å². The van der Waals surface area contributed by atoms with Crippen LogP contribution in [0, 0.1) is 0 Å². The summed E-state index contributed by atoms with van der Waals surface area (Å²) in [6, 6.07) is 0. The topological polar surface area (TPSA) is 0 Å². The minimum Gasteiger partial charge on any atom is -0.146 e. The third kappa shape index (κ3) is 1.61. The van der Waals surface area contributed by atoms with Gasteiger partial charge in [-0.15, -0.1) is 35.0 Å². The Morgan fingerprint density at radius 2 is 1.38 bits per heavy atom. The number of halogens is 2. The molecule has 0 N–H and O–H groups in total. The van der Waals surface area contributed by atoms with Crippen molar-refractivity contribution >= 4 is 35.0 Å². The Labute approximate surface area is 94.7 Å². The highest BCUT2D eigenvalue weighted by molar-refractivity contribution is 8.02. The largest absolute Gasteiger partial charge is 0.146 e. The van der Waals surface area contributed by atoms with Gasteiger partial charge < -0.3 is 0 Å². The third-order valence-corrected chi connectivity index (χ3v) is 7.15. The normalized spacial score (nSPS) is 56.3. The van der Waals surface area contributed by atoms with Gasteiger partial charge >= 0.3 is 0 Å². The lowest BCUT2D eigenvalue weighted by molar-refractivity contribution is 0.363. The van der Waals surface area contributed by atoms with E-state index in [1.807, 2.05) is 11.8 Å². The molecule has 13 heavy (non-hydrogen) atoms. The van der Waals surface area contributed by atoms with Crippen LogP contribution in [-0.2, 0) is 0 Å². The molecule has 4 unspecified atom stereocenters. The van der Waals surface area contributed by atoms with Crippen molar-refractivity contribution in [2.45, 2.75) is 59.8 Å². The number of thioether (sulfide) groups is 1. The lowest BCUT2D eigenvalue weighted by atomic mass is 9.84. The number of hydrogen-bond donors (Lipinski definition) is 0. The highest BCUT2D eigenvalue weighted by atomic mass is 35.5. The van der Waals surface area contributed by atoms with Crippen LogP contribution in [0.5, 0.6) is 0 Å². The van der Waals surface area contributed by atoms with Gasteiger partial charge in [0.2, 0.25) is 0 Å². The van der Waals surface area contributed by atoms with E-state index in [2.05, 4.69) is 13.8 Å². The van der Waals surface area contributed by atoms with Gasteiger partial charge in [-0.1, -0.05) is 0 Å². The smallest absolute Gasteiger partial charge is 0.0480 e. The first-order chi connectivity index (χ1) is 5.96. The van der Waals surface area contributed by atoms with Crippen LogP contribution in [0.3, 0.4) is 0 Å². The van der Waals surface area contributed by atoms with E-state index in [9.17, 15) is 0 Å². The minimum atomic E-state index is 0.278. The fraction of sp³-hybridized carbons (Fsp3) is 1.00. The molecule has 0 nitrogen and oxygen atoms in total. The molecule has 2 aliphatic rings. The maximum Gasteiger partial charge on any atom is 0.0480 e.